The molecule has 5 nitrogen and oxygen atoms in total. The summed E-state index contributed by atoms with van der Waals surface area (Å²) in [5.41, 5.74) is 7.06. The lowest BCUT2D eigenvalue weighted by Gasteiger charge is -2.14. The molecule has 22 heavy (non-hydrogen) atoms. The van der Waals surface area contributed by atoms with Gasteiger partial charge in [0.1, 0.15) is 0 Å². The number of hydrogen-bond donors (Lipinski definition) is 2. The monoisotopic (exact) mass is 319 g/mol. The number of sulfone groups is 1. The second kappa shape index (κ2) is 5.81. The van der Waals surface area contributed by atoms with Gasteiger partial charge >= 0.3 is 5.97 Å². The Morgan fingerprint density at radius 2 is 1.73 bits per heavy atom. The molecule has 0 aromatic heterocycles. The minimum Gasteiger partial charge on any atom is -0.478 e. The van der Waals surface area contributed by atoms with Crippen LogP contribution in [0.1, 0.15) is 28.4 Å². The van der Waals surface area contributed by atoms with Gasteiger partial charge in [-0.3, -0.25) is 0 Å². The van der Waals surface area contributed by atoms with Crippen LogP contribution in [0.3, 0.4) is 0 Å². The van der Waals surface area contributed by atoms with Gasteiger partial charge in [-0.05, 0) is 43.2 Å². The van der Waals surface area contributed by atoms with Gasteiger partial charge < -0.3 is 10.8 Å². The maximum atomic E-state index is 12.8. The van der Waals surface area contributed by atoms with E-state index < -0.39 is 15.8 Å². The molecule has 0 radical (unpaired) electrons. The summed E-state index contributed by atoms with van der Waals surface area (Å²) >= 11 is 0. The lowest BCUT2D eigenvalue weighted by atomic mass is 10.1. The fourth-order valence-corrected chi connectivity index (χ4v) is 3.87. The molecule has 0 aliphatic carbocycles. The minimum absolute atomic E-state index is 0.00295. The Morgan fingerprint density at radius 3 is 2.23 bits per heavy atom. The number of hydrogen-bond acceptors (Lipinski definition) is 4. The zero-order valence-electron chi connectivity index (χ0n) is 12.3. The molecule has 0 atom stereocenters. The van der Waals surface area contributed by atoms with Gasteiger partial charge in [0.25, 0.3) is 0 Å². The maximum Gasteiger partial charge on any atom is 0.337 e. The number of aryl methyl sites for hydroxylation is 1. The van der Waals surface area contributed by atoms with E-state index in [9.17, 15) is 13.2 Å². The van der Waals surface area contributed by atoms with Gasteiger partial charge in [-0.25, -0.2) is 13.2 Å². The number of benzene rings is 2. The number of carboxylic acids is 1. The van der Waals surface area contributed by atoms with Crippen LogP contribution < -0.4 is 5.73 Å². The van der Waals surface area contributed by atoms with Gasteiger partial charge in [-0.1, -0.05) is 24.6 Å². The van der Waals surface area contributed by atoms with Crippen LogP contribution in [0, 0.1) is 6.92 Å². The number of nitrogens with two attached hydrogens (primary N) is 1. The summed E-state index contributed by atoms with van der Waals surface area (Å²) in [6.07, 6.45) is 0.327. The van der Waals surface area contributed by atoms with Crippen molar-refractivity contribution in [1.29, 1.82) is 0 Å². The average Bonchev–Trinajstić information content (AvgIpc) is 2.46. The van der Waals surface area contributed by atoms with E-state index in [4.69, 9.17) is 10.8 Å². The Bertz CT molecular complexity index is 824. The van der Waals surface area contributed by atoms with Gasteiger partial charge in [-0.2, -0.15) is 0 Å². The van der Waals surface area contributed by atoms with Gasteiger partial charge in [0.15, 0.2) is 0 Å². The van der Waals surface area contributed by atoms with E-state index in [1.165, 1.54) is 24.3 Å². The van der Waals surface area contributed by atoms with Crippen LogP contribution in [0.5, 0.6) is 0 Å². The fraction of sp³-hybridized carbons (Fsp3) is 0.188. The quantitative estimate of drug-likeness (QED) is 0.844. The molecule has 0 heterocycles. The largest absolute Gasteiger partial charge is 0.478 e. The molecular formula is C16H17NO4S. The predicted octanol–water partition coefficient (Wildman–Crippen LogP) is 2.67. The lowest BCUT2D eigenvalue weighted by Crippen LogP contribution is -2.11. The van der Waals surface area contributed by atoms with Crippen molar-refractivity contribution in [3.05, 3.63) is 53.1 Å². The first-order valence-corrected chi connectivity index (χ1v) is 8.23. The van der Waals surface area contributed by atoms with E-state index in [2.05, 4.69) is 0 Å². The highest BCUT2D eigenvalue weighted by atomic mass is 32.2. The third-order valence-electron chi connectivity index (χ3n) is 3.52. The highest BCUT2D eigenvalue weighted by Gasteiger charge is 2.24. The van der Waals surface area contributed by atoms with Crippen molar-refractivity contribution in [3.63, 3.8) is 0 Å². The van der Waals surface area contributed by atoms with E-state index in [-0.39, 0.29) is 21.0 Å². The third-order valence-corrected chi connectivity index (χ3v) is 5.37. The second-order valence-corrected chi connectivity index (χ2v) is 6.90. The van der Waals surface area contributed by atoms with Crippen LogP contribution in [-0.4, -0.2) is 19.5 Å². The second-order valence-electron chi connectivity index (χ2n) is 4.98. The molecule has 0 unspecified atom stereocenters. The zero-order chi connectivity index (χ0) is 16.5. The third kappa shape index (κ3) is 2.69. The summed E-state index contributed by atoms with van der Waals surface area (Å²) in [5.74, 6) is -1.17. The van der Waals surface area contributed by atoms with E-state index >= 15 is 0 Å². The average molecular weight is 319 g/mol. The van der Waals surface area contributed by atoms with Crippen LogP contribution in [0.25, 0.3) is 0 Å². The Kier molecular flexibility index (Phi) is 4.23. The number of aromatic carboxylic acids is 1. The molecule has 116 valence electrons. The van der Waals surface area contributed by atoms with Gasteiger partial charge in [0.05, 0.1) is 21.0 Å². The topological polar surface area (TPSA) is 97.5 Å². The summed E-state index contributed by atoms with van der Waals surface area (Å²) in [6, 6.07) is 9.05. The summed E-state index contributed by atoms with van der Waals surface area (Å²) < 4.78 is 25.5. The molecule has 2 aromatic rings. The predicted molar refractivity (Wildman–Crippen MR) is 83.8 cm³/mol. The summed E-state index contributed by atoms with van der Waals surface area (Å²) in [6.45, 7) is 3.61. The molecule has 0 amide bonds. The van der Waals surface area contributed by atoms with Crippen molar-refractivity contribution < 1.29 is 18.3 Å². The Hall–Kier alpha value is -2.34. The number of carbonyl (C=O) groups is 1. The Labute approximate surface area is 129 Å². The van der Waals surface area contributed by atoms with E-state index in [1.54, 1.807) is 19.1 Å². The van der Waals surface area contributed by atoms with Crippen molar-refractivity contribution in [2.75, 3.05) is 5.73 Å². The highest BCUT2D eigenvalue weighted by molar-refractivity contribution is 7.91. The molecular weight excluding hydrogens is 302 g/mol. The first-order valence-electron chi connectivity index (χ1n) is 6.75. The molecule has 0 spiro atoms. The van der Waals surface area contributed by atoms with Crippen LogP contribution >= 0.6 is 0 Å². The SMILES string of the molecule is CCc1c(S(=O)(=O)c2ccc(C)cc2)ccc(C(=O)O)c1N. The molecule has 2 aromatic carbocycles. The molecule has 0 saturated carbocycles. The number of anilines is 1. The molecule has 0 saturated heterocycles. The van der Waals surface area contributed by atoms with Crippen LogP contribution in [0.2, 0.25) is 0 Å². The molecule has 0 aliphatic heterocycles. The fourth-order valence-electron chi connectivity index (χ4n) is 2.29. The van der Waals surface area contributed by atoms with E-state index in [1.807, 2.05) is 6.92 Å². The first-order chi connectivity index (χ1) is 10.3. The number of rotatable bonds is 4. The molecule has 0 fully saturated rings. The Balaban J connectivity index is 2.68. The molecule has 6 heteroatoms. The lowest BCUT2D eigenvalue weighted by molar-refractivity contribution is 0.0698. The normalized spacial score (nSPS) is 11.4. The molecule has 0 bridgehead atoms. The Morgan fingerprint density at radius 1 is 1.14 bits per heavy atom. The van der Waals surface area contributed by atoms with Crippen molar-refractivity contribution in [2.24, 2.45) is 0 Å². The first kappa shape index (κ1) is 16.0. The molecule has 2 rings (SSSR count). The minimum atomic E-state index is -3.74. The zero-order valence-corrected chi connectivity index (χ0v) is 13.1. The van der Waals surface area contributed by atoms with Crippen molar-refractivity contribution in [2.45, 2.75) is 30.1 Å². The van der Waals surface area contributed by atoms with Crippen molar-refractivity contribution in [1.82, 2.24) is 0 Å². The van der Waals surface area contributed by atoms with Crippen molar-refractivity contribution >= 4 is 21.5 Å². The van der Waals surface area contributed by atoms with Gasteiger partial charge in [0.2, 0.25) is 9.84 Å². The number of nitrogen functional groups attached to an aromatic ring is 1. The van der Waals surface area contributed by atoms with Crippen LogP contribution in [0.4, 0.5) is 5.69 Å². The van der Waals surface area contributed by atoms with Crippen LogP contribution in [-0.2, 0) is 16.3 Å². The summed E-state index contributed by atoms with van der Waals surface area (Å²) in [7, 11) is -3.74. The number of carboxylic acid groups (broad SMARTS) is 1. The summed E-state index contributed by atoms with van der Waals surface area (Å²) in [4.78, 5) is 11.3. The van der Waals surface area contributed by atoms with E-state index in [0.717, 1.165) is 5.56 Å². The van der Waals surface area contributed by atoms with Crippen molar-refractivity contribution in [3.8, 4) is 0 Å². The van der Waals surface area contributed by atoms with Gasteiger partial charge in [0, 0.05) is 0 Å². The van der Waals surface area contributed by atoms with Gasteiger partial charge in [-0.15, -0.1) is 0 Å². The summed E-state index contributed by atoms with van der Waals surface area (Å²) in [5, 5.41) is 9.10. The smallest absolute Gasteiger partial charge is 0.337 e. The highest BCUT2D eigenvalue weighted by Crippen LogP contribution is 2.30. The molecule has 0 aliphatic rings. The standard InChI is InChI=1S/C16H17NO4S/c1-3-12-14(9-8-13(15(12)17)16(18)19)22(20,21)11-6-4-10(2)5-7-11/h4-9H,3,17H2,1-2H3,(H,18,19). The van der Waals surface area contributed by atoms with Crippen LogP contribution in [0.15, 0.2) is 46.2 Å². The van der Waals surface area contributed by atoms with E-state index in [0.29, 0.717) is 12.0 Å². The maximum absolute atomic E-state index is 12.8. The molecule has 3 N–H and O–H groups in total.